The van der Waals surface area contributed by atoms with Crippen LogP contribution in [0.3, 0.4) is 0 Å². The van der Waals surface area contributed by atoms with Crippen LogP contribution in [0.4, 0.5) is 0 Å². The van der Waals surface area contributed by atoms with Crippen LogP contribution in [0.25, 0.3) is 22.3 Å². The molecule has 130 valence electrons. The maximum absolute atomic E-state index is 6.09. The van der Waals surface area contributed by atoms with Crippen LogP contribution in [0.2, 0.25) is 0 Å². The zero-order valence-electron chi connectivity index (χ0n) is 14.7. The second-order valence-electron chi connectivity index (χ2n) is 5.66. The molecule has 1 aromatic heterocycles. The van der Waals surface area contributed by atoms with E-state index in [9.17, 15) is 0 Å². The molecule has 0 aliphatic heterocycles. The molecule has 0 spiro atoms. The van der Waals surface area contributed by atoms with Gasteiger partial charge in [-0.25, -0.2) is 0 Å². The lowest BCUT2D eigenvalue weighted by Crippen LogP contribution is -2.06. The van der Waals surface area contributed by atoms with Crippen molar-refractivity contribution in [2.24, 2.45) is 4.99 Å². The Morgan fingerprint density at radius 1 is 1.04 bits per heavy atom. The van der Waals surface area contributed by atoms with E-state index in [1.165, 1.54) is 0 Å². The number of rotatable bonds is 7. The Bertz CT molecular complexity index is 885. The molecule has 0 saturated carbocycles. The van der Waals surface area contributed by atoms with Gasteiger partial charge in [-0.2, -0.15) is 0 Å². The van der Waals surface area contributed by atoms with Gasteiger partial charge in [0, 0.05) is 36.8 Å². The molecule has 0 atom stereocenters. The Labute approximate surface area is 147 Å². The third kappa shape index (κ3) is 4.28. The summed E-state index contributed by atoms with van der Waals surface area (Å²) in [5.41, 5.74) is 1.83. The molecule has 4 nitrogen and oxygen atoms in total. The summed E-state index contributed by atoms with van der Waals surface area (Å²) in [5, 5.41) is 1.87. The van der Waals surface area contributed by atoms with Gasteiger partial charge in [0.1, 0.15) is 17.1 Å². The van der Waals surface area contributed by atoms with E-state index in [2.05, 4.69) is 0 Å². The van der Waals surface area contributed by atoms with Crippen LogP contribution in [0, 0.1) is 0 Å². The number of hydrogen-bond acceptors (Lipinski definition) is 4. The van der Waals surface area contributed by atoms with Gasteiger partial charge in [0.05, 0.1) is 12.5 Å². The predicted molar refractivity (Wildman–Crippen MR) is 99.7 cm³/mol. The normalized spacial score (nSPS) is 11.8. The Morgan fingerprint density at radius 3 is 2.64 bits per heavy atom. The van der Waals surface area contributed by atoms with Crippen molar-refractivity contribution < 1.29 is 13.9 Å². The third-order valence-corrected chi connectivity index (χ3v) is 3.94. The minimum Gasteiger partial charge on any atom is -0.497 e. The van der Waals surface area contributed by atoms with Crippen molar-refractivity contribution in [1.29, 1.82) is 0 Å². The predicted octanol–water partition coefficient (Wildman–Crippen LogP) is 4.44. The Morgan fingerprint density at radius 2 is 1.88 bits per heavy atom. The molecule has 0 fully saturated rings. The highest BCUT2D eigenvalue weighted by atomic mass is 16.5. The number of nitrogens with zero attached hydrogens (tertiary/aromatic N) is 1. The first-order valence-corrected chi connectivity index (χ1v) is 8.57. The van der Waals surface area contributed by atoms with Crippen LogP contribution < -0.4 is 10.1 Å². The maximum atomic E-state index is 6.09. The molecule has 3 aromatic rings. The molecular weight excluding hydrogens is 314 g/mol. The number of benzene rings is 2. The van der Waals surface area contributed by atoms with E-state index in [1.807, 2.05) is 61.5 Å². The van der Waals surface area contributed by atoms with Crippen LogP contribution >= 0.6 is 0 Å². The Hall–Kier alpha value is -2.59. The van der Waals surface area contributed by atoms with Gasteiger partial charge in [-0.3, -0.25) is 4.99 Å². The molecule has 1 heterocycles. The van der Waals surface area contributed by atoms with Crippen molar-refractivity contribution in [1.82, 2.24) is 0 Å². The van der Waals surface area contributed by atoms with Crippen molar-refractivity contribution in [2.45, 2.75) is 13.3 Å². The van der Waals surface area contributed by atoms with Gasteiger partial charge in [-0.15, -0.1) is 0 Å². The summed E-state index contributed by atoms with van der Waals surface area (Å²) in [6.07, 6.45) is 0.895. The van der Waals surface area contributed by atoms with E-state index in [0.29, 0.717) is 6.54 Å². The molecular formula is C21H23NO3. The number of fused-ring (bicyclic) bond motifs is 1. The number of methoxy groups -OCH3 is 1. The van der Waals surface area contributed by atoms with E-state index >= 15 is 0 Å². The molecule has 4 heteroatoms. The summed E-state index contributed by atoms with van der Waals surface area (Å²) >= 11 is 0. The van der Waals surface area contributed by atoms with Crippen LogP contribution in [0.15, 0.2) is 64.0 Å². The first-order chi connectivity index (χ1) is 12.3. The molecule has 0 bridgehead atoms. The molecule has 0 saturated heterocycles. The average molecular weight is 337 g/mol. The number of ether oxygens (including phenoxy) is 2. The monoisotopic (exact) mass is 337 g/mol. The van der Waals surface area contributed by atoms with Crippen molar-refractivity contribution in [3.8, 4) is 17.1 Å². The fourth-order valence-corrected chi connectivity index (χ4v) is 2.66. The minimum atomic E-state index is 0.713. The van der Waals surface area contributed by atoms with Gasteiger partial charge in [-0.05, 0) is 31.5 Å². The van der Waals surface area contributed by atoms with Crippen molar-refractivity contribution in [3.63, 3.8) is 0 Å². The molecule has 0 amide bonds. The standard InChI is InChI=1S/C21H23NO3/c1-3-24-13-7-12-22-19-15-21(16-8-5-4-6-9-16)25-20-11-10-17(23-2)14-18(19)20/h4-6,8-11,14-15H,3,7,12-13H2,1-2H3. The molecule has 2 aromatic carbocycles. The maximum Gasteiger partial charge on any atom is 0.137 e. The summed E-state index contributed by atoms with van der Waals surface area (Å²) in [6.45, 7) is 4.18. The fraction of sp³-hybridized carbons (Fsp3) is 0.286. The van der Waals surface area contributed by atoms with Crippen molar-refractivity contribution >= 4 is 11.0 Å². The zero-order chi connectivity index (χ0) is 17.5. The third-order valence-electron chi connectivity index (χ3n) is 3.94. The Kier molecular flexibility index (Phi) is 5.86. The van der Waals surface area contributed by atoms with E-state index < -0.39 is 0 Å². The highest BCUT2D eigenvalue weighted by Crippen LogP contribution is 2.24. The van der Waals surface area contributed by atoms with Gasteiger partial charge in [0.2, 0.25) is 0 Å². The van der Waals surface area contributed by atoms with E-state index in [-0.39, 0.29) is 0 Å². The second-order valence-corrected chi connectivity index (χ2v) is 5.66. The quantitative estimate of drug-likeness (QED) is 0.599. The van der Waals surface area contributed by atoms with Gasteiger partial charge in [0.15, 0.2) is 0 Å². The smallest absolute Gasteiger partial charge is 0.137 e. The average Bonchev–Trinajstić information content (AvgIpc) is 2.68. The van der Waals surface area contributed by atoms with Crippen LogP contribution in [0.5, 0.6) is 5.75 Å². The first-order valence-electron chi connectivity index (χ1n) is 8.57. The van der Waals surface area contributed by atoms with E-state index in [4.69, 9.17) is 18.9 Å². The molecule has 25 heavy (non-hydrogen) atoms. The van der Waals surface area contributed by atoms with Crippen LogP contribution in [-0.2, 0) is 4.74 Å². The lowest BCUT2D eigenvalue weighted by molar-refractivity contribution is 0.146. The molecule has 0 N–H and O–H groups in total. The zero-order valence-corrected chi connectivity index (χ0v) is 14.7. The summed E-state index contributed by atoms with van der Waals surface area (Å²) < 4.78 is 16.8. The van der Waals surface area contributed by atoms with Crippen LogP contribution in [0.1, 0.15) is 13.3 Å². The summed E-state index contributed by atoms with van der Waals surface area (Å²) in [6, 6.07) is 17.9. The van der Waals surface area contributed by atoms with Gasteiger partial charge >= 0.3 is 0 Å². The fourth-order valence-electron chi connectivity index (χ4n) is 2.66. The summed E-state index contributed by atoms with van der Waals surface area (Å²) in [4.78, 5) is 4.77. The second kappa shape index (κ2) is 8.49. The SMILES string of the molecule is CCOCCCN=c1cc(-c2ccccc2)oc2ccc(OC)cc12. The summed E-state index contributed by atoms with van der Waals surface area (Å²) in [7, 11) is 1.66. The Balaban J connectivity index is 2.05. The van der Waals surface area contributed by atoms with Gasteiger partial charge in [0.25, 0.3) is 0 Å². The molecule has 0 aliphatic rings. The lowest BCUT2D eigenvalue weighted by atomic mass is 10.1. The van der Waals surface area contributed by atoms with E-state index in [1.54, 1.807) is 7.11 Å². The van der Waals surface area contributed by atoms with Crippen LogP contribution in [-0.4, -0.2) is 26.9 Å². The molecule has 0 unspecified atom stereocenters. The van der Waals surface area contributed by atoms with Gasteiger partial charge in [-0.1, -0.05) is 30.3 Å². The van der Waals surface area contributed by atoms with E-state index in [0.717, 1.165) is 53.0 Å². The highest BCUT2D eigenvalue weighted by molar-refractivity contribution is 5.80. The van der Waals surface area contributed by atoms with Crippen molar-refractivity contribution in [2.75, 3.05) is 26.9 Å². The highest BCUT2D eigenvalue weighted by Gasteiger charge is 2.07. The number of hydrogen-bond donors (Lipinski definition) is 0. The van der Waals surface area contributed by atoms with Crippen molar-refractivity contribution in [3.05, 3.63) is 60.0 Å². The lowest BCUT2D eigenvalue weighted by Gasteiger charge is -2.07. The minimum absolute atomic E-state index is 0.713. The first kappa shape index (κ1) is 17.2. The topological polar surface area (TPSA) is 44.0 Å². The molecule has 3 rings (SSSR count). The van der Waals surface area contributed by atoms with Gasteiger partial charge < -0.3 is 13.9 Å². The largest absolute Gasteiger partial charge is 0.497 e. The summed E-state index contributed by atoms with van der Waals surface area (Å²) in [5.74, 6) is 1.60. The molecule has 0 radical (unpaired) electrons. The molecule has 0 aliphatic carbocycles.